The van der Waals surface area contributed by atoms with E-state index in [0.717, 1.165) is 55.6 Å². The van der Waals surface area contributed by atoms with Crippen LogP contribution in [0.4, 0.5) is 0 Å². The maximum absolute atomic E-state index is 5.29. The molecule has 0 saturated carbocycles. The van der Waals surface area contributed by atoms with Crippen molar-refractivity contribution in [2.24, 2.45) is 15.0 Å². The minimum atomic E-state index is -0.596. The van der Waals surface area contributed by atoms with E-state index >= 15 is 0 Å². The number of aryl methyl sites for hydroxylation is 1. The second kappa shape index (κ2) is 15.4. The molecule has 1 atom stereocenters. The van der Waals surface area contributed by atoms with Crippen molar-refractivity contribution in [3.05, 3.63) is 214 Å². The molecule has 0 N–H and O–H groups in total. The zero-order chi connectivity index (χ0) is 36.8. The highest BCUT2D eigenvalue weighted by molar-refractivity contribution is 6.16. The molecule has 258 valence electrons. The number of aliphatic imine (C=N–C) groups is 3. The molecule has 1 aliphatic carbocycles. The van der Waals surface area contributed by atoms with Gasteiger partial charge in [0.15, 0.2) is 11.7 Å². The maximum Gasteiger partial charge on any atom is 0.161 e. The van der Waals surface area contributed by atoms with Crippen LogP contribution in [0.2, 0.25) is 0 Å². The van der Waals surface area contributed by atoms with E-state index in [1.807, 2.05) is 44.5 Å². The van der Waals surface area contributed by atoms with Gasteiger partial charge in [0.25, 0.3) is 0 Å². The van der Waals surface area contributed by atoms with Crippen LogP contribution >= 0.6 is 0 Å². The summed E-state index contributed by atoms with van der Waals surface area (Å²) >= 11 is 0. The van der Waals surface area contributed by atoms with Crippen LogP contribution in [0.3, 0.4) is 0 Å². The van der Waals surface area contributed by atoms with E-state index in [1.165, 1.54) is 16.7 Å². The molecule has 1 heterocycles. The minimum Gasteiger partial charge on any atom is -0.264 e. The van der Waals surface area contributed by atoms with Crippen molar-refractivity contribution < 1.29 is 0 Å². The Morgan fingerprint density at radius 3 is 2.23 bits per heavy atom. The molecule has 7 rings (SSSR count). The topological polar surface area (TPSA) is 50.0 Å². The lowest BCUT2D eigenvalue weighted by Gasteiger charge is -2.33. The van der Waals surface area contributed by atoms with Crippen LogP contribution in [0.1, 0.15) is 75.0 Å². The third kappa shape index (κ3) is 6.45. The normalized spacial score (nSPS) is 15.5. The van der Waals surface area contributed by atoms with E-state index in [2.05, 4.69) is 164 Å². The largest absolute Gasteiger partial charge is 0.264 e. The van der Waals surface area contributed by atoms with E-state index in [1.54, 1.807) is 0 Å². The molecule has 0 spiro atoms. The first-order chi connectivity index (χ1) is 26.0. The summed E-state index contributed by atoms with van der Waals surface area (Å²) < 4.78 is 0. The molecule has 0 aliphatic heterocycles. The monoisotopic (exact) mass is 686 g/mol. The smallest absolute Gasteiger partial charge is 0.161 e. The predicted molar refractivity (Wildman–Crippen MR) is 225 cm³/mol. The van der Waals surface area contributed by atoms with Crippen LogP contribution in [0, 0.1) is 6.92 Å². The van der Waals surface area contributed by atoms with E-state index in [-0.39, 0.29) is 0 Å². The Bertz CT molecular complexity index is 2390. The number of fused-ring (bicyclic) bond motifs is 3. The maximum atomic E-state index is 5.29. The van der Waals surface area contributed by atoms with Crippen LogP contribution in [0.15, 0.2) is 167 Å². The number of nitrogens with zero attached hydrogens (tertiary/aromatic N) is 4. The number of rotatable bonds is 9. The number of aromatic nitrogens is 1. The van der Waals surface area contributed by atoms with Gasteiger partial charge in [-0.25, -0.2) is 9.98 Å². The van der Waals surface area contributed by atoms with Gasteiger partial charge in [-0.3, -0.25) is 9.98 Å². The fourth-order valence-electron chi connectivity index (χ4n) is 7.59. The SMILES string of the molecule is C=Cc1ccc(CN=C(N=C(N=C)c2cccc3c2-c2ccccc2C3(c2ccccc2)c2cccnc2)c2ccc(C)c(/C=C\C)c2)cc1/C=C\C. The van der Waals surface area contributed by atoms with Gasteiger partial charge in [-0.1, -0.05) is 140 Å². The summed E-state index contributed by atoms with van der Waals surface area (Å²) in [6.45, 7) is 14.7. The van der Waals surface area contributed by atoms with E-state index < -0.39 is 5.41 Å². The van der Waals surface area contributed by atoms with Gasteiger partial charge < -0.3 is 0 Å². The van der Waals surface area contributed by atoms with Gasteiger partial charge >= 0.3 is 0 Å². The second-order valence-corrected chi connectivity index (χ2v) is 13.1. The summed E-state index contributed by atoms with van der Waals surface area (Å²) in [4.78, 5) is 19.7. The highest BCUT2D eigenvalue weighted by atomic mass is 15.0. The fraction of sp³-hybridized carbons (Fsp3) is 0.102. The van der Waals surface area contributed by atoms with Gasteiger partial charge in [0.05, 0.1) is 12.0 Å². The number of benzene rings is 5. The van der Waals surface area contributed by atoms with Crippen LogP contribution in [-0.4, -0.2) is 23.4 Å². The first-order valence-electron chi connectivity index (χ1n) is 17.9. The fourth-order valence-corrected chi connectivity index (χ4v) is 7.59. The van der Waals surface area contributed by atoms with Crippen molar-refractivity contribution >= 4 is 36.6 Å². The zero-order valence-corrected chi connectivity index (χ0v) is 30.5. The van der Waals surface area contributed by atoms with Crippen molar-refractivity contribution in [3.8, 4) is 11.1 Å². The van der Waals surface area contributed by atoms with E-state index in [4.69, 9.17) is 9.98 Å². The molecule has 0 radical (unpaired) electrons. The second-order valence-electron chi connectivity index (χ2n) is 13.1. The Morgan fingerprint density at radius 2 is 1.47 bits per heavy atom. The standard InChI is InChI=1S/C49H42N4/c1-6-16-37-31-39(27-25-34(37)4)47(52-32-35-26-28-36(8-3)38(30-35)17-7-2)53-48(50-5)43-22-14-24-45-46(43)42-21-12-13-23-44(42)49(45,40-18-10-9-11-19-40)41-20-15-29-51-33-41/h6-31,33H,3,5,32H2,1-2,4H3/b16-6-,17-7-,52-47?,53-48?. The molecule has 53 heavy (non-hydrogen) atoms. The number of hydrogen-bond donors (Lipinski definition) is 0. The molecule has 4 heteroatoms. The van der Waals surface area contributed by atoms with Crippen molar-refractivity contribution in [2.45, 2.75) is 32.7 Å². The molecule has 1 aromatic heterocycles. The zero-order valence-electron chi connectivity index (χ0n) is 30.5. The lowest BCUT2D eigenvalue weighted by molar-refractivity contribution is 0.762. The highest BCUT2D eigenvalue weighted by Crippen LogP contribution is 2.56. The molecule has 1 aliphatic rings. The number of allylic oxidation sites excluding steroid dienone is 2. The molecule has 1 unspecified atom stereocenters. The van der Waals surface area contributed by atoms with Crippen molar-refractivity contribution in [2.75, 3.05) is 0 Å². The Hall–Kier alpha value is -6.52. The van der Waals surface area contributed by atoms with Gasteiger partial charge in [0, 0.05) is 23.5 Å². The van der Waals surface area contributed by atoms with Gasteiger partial charge in [-0.2, -0.15) is 0 Å². The highest BCUT2D eigenvalue weighted by Gasteiger charge is 2.47. The molecule has 0 amide bonds. The molecule has 5 aromatic carbocycles. The average molecular weight is 687 g/mol. The summed E-state index contributed by atoms with van der Waals surface area (Å²) in [5.41, 5.74) is 13.6. The third-order valence-electron chi connectivity index (χ3n) is 9.99. The number of pyridine rings is 1. The minimum absolute atomic E-state index is 0.436. The Balaban J connectivity index is 1.45. The summed E-state index contributed by atoms with van der Waals surface area (Å²) in [6.07, 6.45) is 14.0. The number of hydrogen-bond acceptors (Lipinski definition) is 2. The molecular weight excluding hydrogens is 645 g/mol. The molecule has 4 nitrogen and oxygen atoms in total. The van der Waals surface area contributed by atoms with E-state index in [9.17, 15) is 0 Å². The van der Waals surface area contributed by atoms with Gasteiger partial charge in [0.2, 0.25) is 0 Å². The predicted octanol–water partition coefficient (Wildman–Crippen LogP) is 11.6. The Kier molecular flexibility index (Phi) is 10.1. The first-order valence-corrected chi connectivity index (χ1v) is 17.9. The summed E-state index contributed by atoms with van der Waals surface area (Å²) in [5.74, 6) is 1.10. The van der Waals surface area contributed by atoms with Gasteiger partial charge in [-0.15, -0.1) is 0 Å². The first kappa shape index (κ1) is 34.9. The molecule has 0 bridgehead atoms. The van der Waals surface area contributed by atoms with Crippen LogP contribution in [-0.2, 0) is 12.0 Å². The van der Waals surface area contributed by atoms with Crippen molar-refractivity contribution in [1.29, 1.82) is 0 Å². The quantitative estimate of drug-likeness (QED) is 0.110. The Morgan fingerprint density at radius 1 is 0.717 bits per heavy atom. The van der Waals surface area contributed by atoms with Crippen LogP contribution in [0.25, 0.3) is 29.4 Å². The Labute approximate surface area is 313 Å². The third-order valence-corrected chi connectivity index (χ3v) is 9.99. The van der Waals surface area contributed by atoms with Crippen LogP contribution in [0.5, 0.6) is 0 Å². The van der Waals surface area contributed by atoms with Crippen molar-refractivity contribution in [1.82, 2.24) is 4.98 Å². The molecule has 6 aromatic rings. The summed E-state index contributed by atoms with van der Waals surface area (Å²) in [5, 5.41) is 0. The van der Waals surface area contributed by atoms with Crippen LogP contribution < -0.4 is 0 Å². The average Bonchev–Trinajstić information content (AvgIpc) is 3.51. The van der Waals surface area contributed by atoms with Crippen molar-refractivity contribution in [3.63, 3.8) is 0 Å². The lowest BCUT2D eigenvalue weighted by Crippen LogP contribution is -2.28. The van der Waals surface area contributed by atoms with Gasteiger partial charge in [-0.05, 0) is 107 Å². The molecule has 0 saturated heterocycles. The molecule has 0 fully saturated rings. The summed E-state index contributed by atoms with van der Waals surface area (Å²) in [7, 11) is 0. The van der Waals surface area contributed by atoms with Gasteiger partial charge in [0.1, 0.15) is 0 Å². The summed E-state index contributed by atoms with van der Waals surface area (Å²) in [6, 6.07) is 42.7. The number of amidine groups is 2. The lowest BCUT2D eigenvalue weighted by atomic mass is 9.68. The van der Waals surface area contributed by atoms with E-state index in [0.29, 0.717) is 18.2 Å². The molecular formula is C49H42N4.